The van der Waals surface area contributed by atoms with Crippen LogP contribution in [0.2, 0.25) is 5.02 Å². The van der Waals surface area contributed by atoms with E-state index in [1.165, 1.54) is 12.1 Å². The Kier molecular flexibility index (Phi) is 3.30. The van der Waals surface area contributed by atoms with Gasteiger partial charge in [-0.05, 0) is 17.7 Å². The van der Waals surface area contributed by atoms with E-state index in [1.807, 2.05) is 0 Å². The average Bonchev–Trinajstić information content (AvgIpc) is 2.14. The van der Waals surface area contributed by atoms with Crippen LogP contribution in [0.25, 0.3) is 0 Å². The fourth-order valence-corrected chi connectivity index (χ4v) is 1.18. The van der Waals surface area contributed by atoms with Crippen molar-refractivity contribution in [2.24, 2.45) is 10.3 Å². The van der Waals surface area contributed by atoms with Crippen molar-refractivity contribution in [1.82, 2.24) is 0 Å². The highest BCUT2D eigenvalue weighted by molar-refractivity contribution is 6.32. The second kappa shape index (κ2) is 4.48. The molecule has 0 spiro atoms. The molecule has 0 heterocycles. The molecule has 0 saturated carbocycles. The van der Waals surface area contributed by atoms with E-state index < -0.39 is 0 Å². The van der Waals surface area contributed by atoms with Gasteiger partial charge in [0.25, 0.3) is 0 Å². The Hall–Kier alpha value is -1.75. The lowest BCUT2D eigenvalue weighted by molar-refractivity contribution is 0.321. The summed E-state index contributed by atoms with van der Waals surface area (Å²) in [7, 11) is 0. The molecule has 0 bridgehead atoms. The summed E-state index contributed by atoms with van der Waals surface area (Å²) in [6.45, 7) is 0. The van der Waals surface area contributed by atoms with Crippen molar-refractivity contribution in [2.45, 2.75) is 0 Å². The van der Waals surface area contributed by atoms with Gasteiger partial charge in [0.15, 0.2) is 0 Å². The van der Waals surface area contributed by atoms with Gasteiger partial charge in [0.1, 0.15) is 5.75 Å². The molecule has 1 aromatic carbocycles. The minimum absolute atomic E-state index is 0.0808. The summed E-state index contributed by atoms with van der Waals surface area (Å²) in [5.41, 5.74) is 0.708. The summed E-state index contributed by atoms with van der Waals surface area (Å²) in [6.07, 6.45) is 2.16. The van der Waals surface area contributed by atoms with Crippen molar-refractivity contribution in [3.8, 4) is 5.75 Å². The molecule has 0 saturated heterocycles. The van der Waals surface area contributed by atoms with Crippen LogP contribution in [0.15, 0.2) is 22.4 Å². The Labute approximate surface area is 84.5 Å². The number of phenols is 1. The maximum absolute atomic E-state index is 9.38. The van der Waals surface area contributed by atoms with Crippen molar-refractivity contribution in [2.75, 3.05) is 0 Å². The molecule has 5 nitrogen and oxygen atoms in total. The third-order valence-corrected chi connectivity index (χ3v) is 1.81. The summed E-state index contributed by atoms with van der Waals surface area (Å²) >= 11 is 5.65. The first kappa shape index (κ1) is 10.3. The molecule has 0 fully saturated rings. The zero-order valence-corrected chi connectivity index (χ0v) is 7.68. The smallest absolute Gasteiger partial charge is 0.143 e. The lowest BCUT2D eigenvalue weighted by Gasteiger charge is -2.02. The highest BCUT2D eigenvalue weighted by Crippen LogP contribution is 2.27. The second-order valence-electron chi connectivity index (χ2n) is 2.43. The van der Waals surface area contributed by atoms with Crippen LogP contribution in [0.1, 0.15) is 11.1 Å². The van der Waals surface area contributed by atoms with Gasteiger partial charge in [0.05, 0.1) is 17.5 Å². The normalized spacial score (nSPS) is 11.5. The predicted molar refractivity (Wildman–Crippen MR) is 51.9 cm³/mol. The summed E-state index contributed by atoms with van der Waals surface area (Å²) in [6, 6.07) is 2.85. The zero-order chi connectivity index (χ0) is 10.6. The van der Waals surface area contributed by atoms with Crippen LogP contribution >= 0.6 is 11.6 Å². The largest absolute Gasteiger partial charge is 0.506 e. The highest BCUT2D eigenvalue weighted by Gasteiger charge is 2.05. The van der Waals surface area contributed by atoms with Gasteiger partial charge in [0.2, 0.25) is 0 Å². The second-order valence-corrected chi connectivity index (χ2v) is 2.84. The first-order valence-electron chi connectivity index (χ1n) is 3.56. The minimum atomic E-state index is -0.195. The van der Waals surface area contributed by atoms with Gasteiger partial charge in [0, 0.05) is 5.56 Å². The van der Waals surface area contributed by atoms with Gasteiger partial charge in [-0.25, -0.2) is 0 Å². The molecule has 1 rings (SSSR count). The maximum atomic E-state index is 9.38. The predicted octanol–water partition coefficient (Wildman–Crippen LogP) is 1.66. The Morgan fingerprint density at radius 2 is 1.79 bits per heavy atom. The Morgan fingerprint density at radius 3 is 2.36 bits per heavy atom. The topological polar surface area (TPSA) is 85.4 Å². The van der Waals surface area contributed by atoms with Gasteiger partial charge in [-0.2, -0.15) is 0 Å². The average molecular weight is 215 g/mol. The molecule has 6 heteroatoms. The van der Waals surface area contributed by atoms with Gasteiger partial charge in [-0.15, -0.1) is 0 Å². The SMILES string of the molecule is O/N=C/c1cc(Cl)c(O)c(/C=N/O)c1. The van der Waals surface area contributed by atoms with Crippen LogP contribution in [-0.4, -0.2) is 28.0 Å². The standard InChI is InChI=1S/C8H7ClN2O3/c9-7-2-5(3-10-13)1-6(4-11-14)8(7)12/h1-4,12-14H/b10-3+,11-4+. The molecule has 3 N–H and O–H groups in total. The number of phenolic OH excluding ortho intramolecular Hbond substituents is 1. The number of halogens is 1. The molecule has 14 heavy (non-hydrogen) atoms. The van der Waals surface area contributed by atoms with Crippen LogP contribution in [0.3, 0.4) is 0 Å². The summed E-state index contributed by atoms with van der Waals surface area (Å²) < 4.78 is 0. The lowest BCUT2D eigenvalue weighted by atomic mass is 10.1. The number of benzene rings is 1. The van der Waals surface area contributed by atoms with Gasteiger partial charge < -0.3 is 15.5 Å². The third-order valence-electron chi connectivity index (χ3n) is 1.52. The molecule has 0 radical (unpaired) electrons. The molecule has 1 aromatic rings. The van der Waals surface area contributed by atoms with Gasteiger partial charge in [-0.3, -0.25) is 0 Å². The third kappa shape index (κ3) is 2.14. The van der Waals surface area contributed by atoms with Crippen molar-refractivity contribution in [3.63, 3.8) is 0 Å². The van der Waals surface area contributed by atoms with Crippen LogP contribution in [0.5, 0.6) is 5.75 Å². The molecular weight excluding hydrogens is 208 g/mol. The van der Waals surface area contributed by atoms with Gasteiger partial charge >= 0.3 is 0 Å². The van der Waals surface area contributed by atoms with Crippen molar-refractivity contribution in [1.29, 1.82) is 0 Å². The summed E-state index contributed by atoms with van der Waals surface area (Å²) in [5.74, 6) is -0.195. The van der Waals surface area contributed by atoms with E-state index in [2.05, 4.69) is 10.3 Å². The molecule has 0 aliphatic rings. The molecule has 0 aliphatic carbocycles. The van der Waals surface area contributed by atoms with Crippen LogP contribution in [-0.2, 0) is 0 Å². The van der Waals surface area contributed by atoms with E-state index in [0.29, 0.717) is 5.56 Å². The van der Waals surface area contributed by atoms with Crippen LogP contribution in [0, 0.1) is 0 Å². The molecular formula is C8H7ClN2O3. The van der Waals surface area contributed by atoms with Crippen molar-refractivity contribution >= 4 is 24.0 Å². The monoisotopic (exact) mass is 214 g/mol. The first-order chi connectivity index (χ1) is 6.69. The fourth-order valence-electron chi connectivity index (χ4n) is 0.944. The molecule has 0 aliphatic heterocycles. The number of nitrogens with zero attached hydrogens (tertiary/aromatic N) is 2. The number of hydrogen-bond donors (Lipinski definition) is 3. The molecule has 74 valence electrons. The van der Waals surface area contributed by atoms with E-state index in [9.17, 15) is 5.11 Å². The summed E-state index contributed by atoms with van der Waals surface area (Å²) in [4.78, 5) is 0. The van der Waals surface area contributed by atoms with Crippen LogP contribution in [0.4, 0.5) is 0 Å². The fraction of sp³-hybridized carbons (Fsp3) is 0. The minimum Gasteiger partial charge on any atom is -0.506 e. The van der Waals surface area contributed by atoms with Crippen LogP contribution < -0.4 is 0 Å². The summed E-state index contributed by atoms with van der Waals surface area (Å²) in [5, 5.41) is 31.6. The first-order valence-corrected chi connectivity index (χ1v) is 3.94. The van der Waals surface area contributed by atoms with E-state index in [0.717, 1.165) is 12.4 Å². The quantitative estimate of drug-likeness (QED) is 0.398. The zero-order valence-electron chi connectivity index (χ0n) is 6.92. The van der Waals surface area contributed by atoms with E-state index >= 15 is 0 Å². The molecule has 0 atom stereocenters. The van der Waals surface area contributed by atoms with E-state index in [4.69, 9.17) is 22.0 Å². The van der Waals surface area contributed by atoms with E-state index in [1.54, 1.807) is 0 Å². The Bertz CT molecular complexity index is 390. The Morgan fingerprint density at radius 1 is 1.14 bits per heavy atom. The number of oxime groups is 2. The number of hydrogen-bond acceptors (Lipinski definition) is 5. The highest BCUT2D eigenvalue weighted by atomic mass is 35.5. The number of aromatic hydroxyl groups is 1. The Balaban J connectivity index is 3.27. The molecule has 0 amide bonds. The molecule has 0 aromatic heterocycles. The van der Waals surface area contributed by atoms with Crippen molar-refractivity contribution < 1.29 is 15.5 Å². The van der Waals surface area contributed by atoms with Gasteiger partial charge in [-0.1, -0.05) is 21.9 Å². The lowest BCUT2D eigenvalue weighted by Crippen LogP contribution is -1.89. The number of rotatable bonds is 2. The maximum Gasteiger partial charge on any atom is 0.143 e. The van der Waals surface area contributed by atoms with Crippen molar-refractivity contribution in [3.05, 3.63) is 28.3 Å². The molecule has 0 unspecified atom stereocenters. The van der Waals surface area contributed by atoms with E-state index in [-0.39, 0.29) is 16.3 Å².